The molecule has 0 fully saturated rings. The summed E-state index contributed by atoms with van der Waals surface area (Å²) in [4.78, 5) is 24.6. The predicted molar refractivity (Wildman–Crippen MR) is 141 cm³/mol. The number of rotatable bonds is 10. The van der Waals surface area contributed by atoms with Gasteiger partial charge in [-0.15, -0.1) is 0 Å². The molecule has 6 nitrogen and oxygen atoms in total. The van der Waals surface area contributed by atoms with Crippen LogP contribution in [0.3, 0.4) is 0 Å². The smallest absolute Gasteiger partial charge is 0.408 e. The molecular weight excluding hydrogens is 470 g/mol. The first-order valence-corrected chi connectivity index (χ1v) is 15.1. The Morgan fingerprint density at radius 3 is 2.18 bits per heavy atom. The van der Waals surface area contributed by atoms with Crippen molar-refractivity contribution in [3.63, 3.8) is 0 Å². The summed E-state index contributed by atoms with van der Waals surface area (Å²) in [5, 5.41) is 3.67. The van der Waals surface area contributed by atoms with Crippen LogP contribution in [-0.4, -0.2) is 39.2 Å². The van der Waals surface area contributed by atoms with Gasteiger partial charge >= 0.3 is 12.1 Å². The molecule has 1 rings (SSSR count). The summed E-state index contributed by atoms with van der Waals surface area (Å²) in [6, 6.07) is 6.95. The molecule has 0 aliphatic heterocycles. The molecule has 8 heteroatoms. The summed E-state index contributed by atoms with van der Waals surface area (Å²) < 4.78 is 17.1. The van der Waals surface area contributed by atoms with Crippen molar-refractivity contribution in [3.8, 4) is 0 Å². The number of hydrogen-bond acceptors (Lipinski definition) is 5. The van der Waals surface area contributed by atoms with Gasteiger partial charge in [0.25, 0.3) is 0 Å². The minimum Gasteiger partial charge on any atom is -0.463 e. The number of halogens is 1. The second-order valence-corrected chi connectivity index (χ2v) is 16.1. The Bertz CT molecular complexity index is 825. The average molecular weight is 512 g/mol. The zero-order valence-corrected chi connectivity index (χ0v) is 23.9. The van der Waals surface area contributed by atoms with E-state index in [4.69, 9.17) is 25.5 Å². The predicted octanol–water partition coefficient (Wildman–Crippen LogP) is 7.05. The highest BCUT2D eigenvalue weighted by Gasteiger charge is 2.38. The Labute approximate surface area is 211 Å². The minimum absolute atomic E-state index is 0.0344. The van der Waals surface area contributed by atoms with E-state index in [0.29, 0.717) is 24.7 Å². The van der Waals surface area contributed by atoms with E-state index in [-0.39, 0.29) is 11.0 Å². The van der Waals surface area contributed by atoms with Crippen LogP contribution in [0.1, 0.15) is 66.5 Å². The summed E-state index contributed by atoms with van der Waals surface area (Å²) in [5.74, 6) is -0.553. The number of alkyl carbamates (subject to hydrolysis) is 1. The zero-order valence-electron chi connectivity index (χ0n) is 22.2. The van der Waals surface area contributed by atoms with Gasteiger partial charge in [-0.05, 0) is 69.9 Å². The number of benzene rings is 1. The van der Waals surface area contributed by atoms with Gasteiger partial charge in [0.1, 0.15) is 5.60 Å². The largest absolute Gasteiger partial charge is 0.463 e. The SMILES string of the molecule is CCOC(=O)/C=C/C[C@H](CO[Si](C)(C)C(C)(C)C)[C@H](NC(=O)OC(C)(C)C)c1ccc(Cl)cc1. The molecule has 0 aromatic heterocycles. The van der Waals surface area contributed by atoms with Crippen molar-refractivity contribution < 1.29 is 23.5 Å². The fourth-order valence-electron chi connectivity index (χ4n) is 2.94. The van der Waals surface area contributed by atoms with Crippen molar-refractivity contribution in [1.82, 2.24) is 5.32 Å². The second kappa shape index (κ2) is 12.7. The highest BCUT2D eigenvalue weighted by Crippen LogP contribution is 2.38. The molecular formula is C26H42ClNO5Si. The van der Waals surface area contributed by atoms with E-state index in [1.54, 1.807) is 25.1 Å². The molecule has 1 aromatic rings. The molecule has 34 heavy (non-hydrogen) atoms. The van der Waals surface area contributed by atoms with Gasteiger partial charge in [-0.25, -0.2) is 9.59 Å². The van der Waals surface area contributed by atoms with Gasteiger partial charge in [-0.1, -0.05) is 50.6 Å². The third-order valence-corrected chi connectivity index (χ3v) is 10.6. The Morgan fingerprint density at radius 1 is 1.09 bits per heavy atom. The molecule has 0 radical (unpaired) electrons. The van der Waals surface area contributed by atoms with Crippen LogP contribution >= 0.6 is 11.6 Å². The van der Waals surface area contributed by atoms with Crippen LogP contribution in [0.25, 0.3) is 0 Å². The maximum Gasteiger partial charge on any atom is 0.408 e. The molecule has 0 saturated carbocycles. The maximum atomic E-state index is 12.8. The summed E-state index contributed by atoms with van der Waals surface area (Å²) in [5.41, 5.74) is 0.245. The first kappa shape index (κ1) is 30.2. The van der Waals surface area contributed by atoms with Crippen LogP contribution in [0.15, 0.2) is 36.4 Å². The monoisotopic (exact) mass is 511 g/mol. The van der Waals surface area contributed by atoms with Crippen LogP contribution < -0.4 is 5.32 Å². The van der Waals surface area contributed by atoms with Crippen LogP contribution in [0.2, 0.25) is 23.2 Å². The lowest BCUT2D eigenvalue weighted by Crippen LogP contribution is -2.44. The van der Waals surface area contributed by atoms with Crippen LogP contribution in [-0.2, 0) is 18.7 Å². The topological polar surface area (TPSA) is 73.9 Å². The molecule has 0 heterocycles. The van der Waals surface area contributed by atoms with E-state index in [0.717, 1.165) is 5.56 Å². The van der Waals surface area contributed by atoms with Gasteiger partial charge < -0.3 is 19.2 Å². The molecule has 0 aliphatic carbocycles. The van der Waals surface area contributed by atoms with Crippen molar-refractivity contribution in [2.75, 3.05) is 13.2 Å². The van der Waals surface area contributed by atoms with Gasteiger partial charge in [0.2, 0.25) is 0 Å². The van der Waals surface area contributed by atoms with Crippen LogP contribution in [0.4, 0.5) is 4.79 Å². The summed E-state index contributed by atoms with van der Waals surface area (Å²) in [7, 11) is -2.06. The Hall–Kier alpha value is -1.83. The van der Waals surface area contributed by atoms with Crippen molar-refractivity contribution in [1.29, 1.82) is 0 Å². The molecule has 1 N–H and O–H groups in total. The van der Waals surface area contributed by atoms with E-state index in [9.17, 15) is 9.59 Å². The lowest BCUT2D eigenvalue weighted by molar-refractivity contribution is -0.137. The number of esters is 1. The fourth-order valence-corrected chi connectivity index (χ4v) is 4.13. The van der Waals surface area contributed by atoms with Gasteiger partial charge in [0.05, 0.1) is 12.6 Å². The quantitative estimate of drug-likeness (QED) is 0.207. The normalized spacial score (nSPS) is 14.5. The number of allylic oxidation sites excluding steroid dienone is 1. The minimum atomic E-state index is -2.06. The first-order valence-electron chi connectivity index (χ1n) is 11.8. The van der Waals surface area contributed by atoms with Crippen molar-refractivity contribution in [2.45, 2.75) is 84.7 Å². The lowest BCUT2D eigenvalue weighted by Gasteiger charge is -2.38. The van der Waals surface area contributed by atoms with Gasteiger partial charge in [-0.2, -0.15) is 0 Å². The molecule has 2 atom stereocenters. The molecule has 0 spiro atoms. The zero-order chi connectivity index (χ0) is 26.2. The van der Waals surface area contributed by atoms with E-state index < -0.39 is 32.0 Å². The molecule has 1 aromatic carbocycles. The second-order valence-electron chi connectivity index (χ2n) is 10.9. The highest BCUT2D eigenvalue weighted by molar-refractivity contribution is 6.74. The lowest BCUT2D eigenvalue weighted by atomic mass is 9.90. The Morgan fingerprint density at radius 2 is 1.68 bits per heavy atom. The Kier molecular flexibility index (Phi) is 11.3. The van der Waals surface area contributed by atoms with E-state index >= 15 is 0 Å². The maximum absolute atomic E-state index is 12.8. The van der Waals surface area contributed by atoms with Gasteiger partial charge in [0, 0.05) is 23.6 Å². The Balaban J connectivity index is 3.29. The number of nitrogens with one attached hydrogen (secondary N) is 1. The van der Waals surface area contributed by atoms with E-state index in [2.05, 4.69) is 39.2 Å². The number of carbonyl (C=O) groups is 2. The number of amides is 1. The van der Waals surface area contributed by atoms with E-state index in [1.807, 2.05) is 32.9 Å². The summed E-state index contributed by atoms with van der Waals surface area (Å²) in [6.45, 7) is 18.9. The average Bonchev–Trinajstić information content (AvgIpc) is 2.67. The number of ether oxygens (including phenoxy) is 2. The molecule has 0 saturated heterocycles. The van der Waals surface area contributed by atoms with Gasteiger partial charge in [-0.3, -0.25) is 0 Å². The van der Waals surface area contributed by atoms with Gasteiger partial charge in [0.15, 0.2) is 8.32 Å². The third-order valence-electron chi connectivity index (χ3n) is 5.82. The molecule has 192 valence electrons. The van der Waals surface area contributed by atoms with Crippen molar-refractivity contribution in [3.05, 3.63) is 47.0 Å². The van der Waals surface area contributed by atoms with E-state index in [1.165, 1.54) is 6.08 Å². The third kappa shape index (κ3) is 10.6. The summed E-state index contributed by atoms with van der Waals surface area (Å²) >= 11 is 6.11. The number of carbonyl (C=O) groups excluding carboxylic acids is 2. The summed E-state index contributed by atoms with van der Waals surface area (Å²) in [6.07, 6.45) is 3.18. The fraction of sp³-hybridized carbons (Fsp3) is 0.615. The molecule has 0 bridgehead atoms. The highest BCUT2D eigenvalue weighted by atomic mass is 35.5. The molecule has 0 unspecified atom stereocenters. The molecule has 0 aliphatic rings. The first-order chi connectivity index (χ1) is 15.6. The standard InChI is InChI=1S/C26H42ClNO5Si/c1-10-31-22(29)13-11-12-20(18-32-34(8,9)26(5,6)7)23(19-14-16-21(27)17-15-19)28-24(30)33-25(2,3)4/h11,13-17,20,23H,10,12,18H2,1-9H3,(H,28,30)/b13-11+/t20-,23-/m1/s1. The van der Waals surface area contributed by atoms with Crippen LogP contribution in [0.5, 0.6) is 0 Å². The van der Waals surface area contributed by atoms with Crippen molar-refractivity contribution in [2.24, 2.45) is 5.92 Å². The molecule has 1 amide bonds. The van der Waals surface area contributed by atoms with Crippen LogP contribution in [0, 0.1) is 5.92 Å². The number of hydrogen-bond donors (Lipinski definition) is 1. The van der Waals surface area contributed by atoms with Crippen molar-refractivity contribution >= 4 is 32.0 Å².